The lowest BCUT2D eigenvalue weighted by atomic mass is 10.2. The van der Waals surface area contributed by atoms with Crippen LogP contribution >= 0.6 is 11.6 Å². The summed E-state index contributed by atoms with van der Waals surface area (Å²) in [7, 11) is -3.83. The lowest BCUT2D eigenvalue weighted by molar-refractivity contribution is 0.0697. The summed E-state index contributed by atoms with van der Waals surface area (Å²) in [5, 5.41) is 0.345. The Kier molecular flexibility index (Phi) is 5.52. The fourth-order valence-corrected chi connectivity index (χ4v) is 5.10. The molecule has 1 aliphatic rings. The molecule has 1 fully saturated rings. The molecule has 10 nitrogen and oxygen atoms in total. The van der Waals surface area contributed by atoms with Gasteiger partial charge in [0.25, 0.3) is 15.9 Å². The molecule has 0 saturated carbocycles. The predicted octanol–water partition coefficient (Wildman–Crippen LogP) is 2.21. The molecule has 1 aliphatic heterocycles. The number of rotatable bonds is 4. The van der Waals surface area contributed by atoms with Crippen LogP contribution in [0.3, 0.4) is 0 Å². The van der Waals surface area contributed by atoms with Gasteiger partial charge in [-0.3, -0.25) is 9.78 Å². The van der Waals surface area contributed by atoms with Crippen LogP contribution in [0.1, 0.15) is 10.4 Å². The molecule has 5 rings (SSSR count). The number of carbonyl (C=O) groups is 1. The fourth-order valence-electron chi connectivity index (χ4n) is 3.58. The van der Waals surface area contributed by atoms with Gasteiger partial charge in [-0.25, -0.2) is 23.4 Å². The van der Waals surface area contributed by atoms with Crippen molar-refractivity contribution in [3.05, 3.63) is 65.6 Å². The number of fused-ring (bicyclic) bond motifs is 1. The Morgan fingerprint density at radius 3 is 2.45 bits per heavy atom. The molecular weight excluding hydrogens is 466 g/mol. The first-order chi connectivity index (χ1) is 15.9. The van der Waals surface area contributed by atoms with Crippen molar-refractivity contribution >= 4 is 38.6 Å². The van der Waals surface area contributed by atoms with Gasteiger partial charge in [0.15, 0.2) is 5.82 Å². The van der Waals surface area contributed by atoms with Crippen LogP contribution in [-0.4, -0.2) is 74.6 Å². The van der Waals surface area contributed by atoms with Gasteiger partial charge in [0.2, 0.25) is 5.16 Å². The molecule has 0 unspecified atom stereocenters. The monoisotopic (exact) mass is 483 g/mol. The number of aromatic nitrogens is 5. The number of hydrogen-bond donors (Lipinski definition) is 1. The molecule has 3 aromatic heterocycles. The number of benzene rings is 1. The van der Waals surface area contributed by atoms with Gasteiger partial charge in [0.05, 0.1) is 16.6 Å². The number of H-pyrrole nitrogens is 1. The molecule has 33 heavy (non-hydrogen) atoms. The second-order valence-electron chi connectivity index (χ2n) is 7.41. The zero-order chi connectivity index (χ0) is 23.0. The van der Waals surface area contributed by atoms with Crippen LogP contribution < -0.4 is 0 Å². The Balaban J connectivity index is 1.26. The maximum absolute atomic E-state index is 13.0. The normalized spacial score (nSPS) is 15.1. The molecule has 1 aromatic carbocycles. The Morgan fingerprint density at radius 1 is 1.00 bits per heavy atom. The number of aromatic amines is 1. The zero-order valence-electron chi connectivity index (χ0n) is 17.2. The van der Waals surface area contributed by atoms with E-state index in [1.807, 2.05) is 6.07 Å². The van der Waals surface area contributed by atoms with E-state index in [0.29, 0.717) is 33.1 Å². The van der Waals surface area contributed by atoms with Crippen molar-refractivity contribution in [1.82, 2.24) is 34.1 Å². The van der Waals surface area contributed by atoms with Gasteiger partial charge in [-0.05, 0) is 30.3 Å². The number of nitrogens with one attached hydrogen (secondary N) is 1. The molecule has 1 amide bonds. The van der Waals surface area contributed by atoms with Crippen LogP contribution in [0.5, 0.6) is 0 Å². The maximum Gasteiger partial charge on any atom is 0.276 e. The number of imidazole rings is 1. The minimum Gasteiger partial charge on any atom is -0.336 e. The standard InChI is InChI=1S/C21H18ClN7O3S/c22-15-4-5-16-18(11-15)27-21(26-16)33(31,32)29-9-7-28(8-10-29)20(30)14-12-24-19(25-13-14)17-3-1-2-6-23-17/h1-6,11-13H,7-10H2,(H,26,27). The first-order valence-electron chi connectivity index (χ1n) is 10.1. The number of pyridine rings is 1. The van der Waals surface area contributed by atoms with E-state index in [4.69, 9.17) is 11.6 Å². The average Bonchev–Trinajstić information content (AvgIpc) is 3.28. The van der Waals surface area contributed by atoms with Crippen LogP contribution in [0.4, 0.5) is 0 Å². The molecule has 168 valence electrons. The first kappa shape index (κ1) is 21.4. The Bertz CT molecular complexity index is 1420. The highest BCUT2D eigenvalue weighted by Crippen LogP contribution is 2.22. The summed E-state index contributed by atoms with van der Waals surface area (Å²) in [6.07, 6.45) is 4.57. The van der Waals surface area contributed by atoms with Crippen molar-refractivity contribution in [2.75, 3.05) is 26.2 Å². The largest absolute Gasteiger partial charge is 0.336 e. The molecule has 0 bridgehead atoms. The molecule has 0 atom stereocenters. The zero-order valence-corrected chi connectivity index (χ0v) is 18.8. The van der Waals surface area contributed by atoms with Crippen LogP contribution in [0, 0.1) is 0 Å². The minimum atomic E-state index is -3.83. The average molecular weight is 484 g/mol. The van der Waals surface area contributed by atoms with E-state index in [2.05, 4.69) is 24.9 Å². The predicted molar refractivity (Wildman–Crippen MR) is 121 cm³/mol. The highest BCUT2D eigenvalue weighted by Gasteiger charge is 2.32. The summed E-state index contributed by atoms with van der Waals surface area (Å²) in [5.74, 6) is 0.174. The number of amides is 1. The SMILES string of the molecule is O=C(c1cnc(-c2ccccn2)nc1)N1CCN(S(=O)(=O)c2nc3ccc(Cl)cc3[nH]2)CC1. The van der Waals surface area contributed by atoms with Gasteiger partial charge in [0, 0.05) is 49.8 Å². The molecule has 1 N–H and O–H groups in total. The molecule has 12 heteroatoms. The van der Waals surface area contributed by atoms with Gasteiger partial charge in [-0.2, -0.15) is 4.31 Å². The van der Waals surface area contributed by atoms with Crippen molar-refractivity contribution in [3.8, 4) is 11.5 Å². The van der Waals surface area contributed by atoms with Crippen molar-refractivity contribution in [2.45, 2.75) is 5.16 Å². The fraction of sp³-hybridized carbons (Fsp3) is 0.190. The summed E-state index contributed by atoms with van der Waals surface area (Å²) >= 11 is 5.97. The van der Waals surface area contributed by atoms with E-state index in [0.717, 1.165) is 0 Å². The second kappa shape index (κ2) is 8.50. The molecule has 4 heterocycles. The van der Waals surface area contributed by atoms with E-state index in [9.17, 15) is 13.2 Å². The maximum atomic E-state index is 13.0. The summed E-state index contributed by atoms with van der Waals surface area (Å²) in [5.41, 5.74) is 2.01. The Morgan fingerprint density at radius 2 is 1.76 bits per heavy atom. The number of sulfonamides is 1. The number of halogens is 1. The first-order valence-corrected chi connectivity index (χ1v) is 11.9. The van der Waals surface area contributed by atoms with E-state index < -0.39 is 10.0 Å². The Hall–Kier alpha value is -3.41. The molecular formula is C21H18ClN7O3S. The van der Waals surface area contributed by atoms with Gasteiger partial charge in [-0.15, -0.1) is 0 Å². The highest BCUT2D eigenvalue weighted by molar-refractivity contribution is 7.89. The van der Waals surface area contributed by atoms with Gasteiger partial charge < -0.3 is 9.88 Å². The van der Waals surface area contributed by atoms with Crippen LogP contribution in [0.15, 0.2) is 60.1 Å². The lowest BCUT2D eigenvalue weighted by Crippen LogP contribution is -2.50. The number of hydrogen-bond acceptors (Lipinski definition) is 7. The summed E-state index contributed by atoms with van der Waals surface area (Å²) in [4.78, 5) is 34.1. The highest BCUT2D eigenvalue weighted by atomic mass is 35.5. The van der Waals surface area contributed by atoms with Crippen molar-refractivity contribution in [3.63, 3.8) is 0 Å². The quantitative estimate of drug-likeness (QED) is 0.471. The van der Waals surface area contributed by atoms with Gasteiger partial charge >= 0.3 is 0 Å². The van der Waals surface area contributed by atoms with E-state index >= 15 is 0 Å². The number of nitrogens with zero attached hydrogens (tertiary/aromatic N) is 6. The molecule has 0 spiro atoms. The van der Waals surface area contributed by atoms with Crippen molar-refractivity contribution in [1.29, 1.82) is 0 Å². The summed E-state index contributed by atoms with van der Waals surface area (Å²) in [6, 6.07) is 10.3. The van der Waals surface area contributed by atoms with Crippen LogP contribution in [0.2, 0.25) is 5.02 Å². The smallest absolute Gasteiger partial charge is 0.276 e. The van der Waals surface area contributed by atoms with E-state index in [1.165, 1.54) is 16.7 Å². The van der Waals surface area contributed by atoms with Gasteiger partial charge in [-0.1, -0.05) is 17.7 Å². The van der Waals surface area contributed by atoms with Crippen LogP contribution in [-0.2, 0) is 10.0 Å². The molecule has 0 radical (unpaired) electrons. The number of piperazine rings is 1. The van der Waals surface area contributed by atoms with Crippen molar-refractivity contribution in [2.24, 2.45) is 0 Å². The second-order valence-corrected chi connectivity index (χ2v) is 9.70. The molecule has 1 saturated heterocycles. The van der Waals surface area contributed by atoms with Crippen molar-refractivity contribution < 1.29 is 13.2 Å². The summed E-state index contributed by atoms with van der Waals surface area (Å²) in [6.45, 7) is 0.787. The molecule has 4 aromatic rings. The Labute approximate surface area is 194 Å². The third kappa shape index (κ3) is 4.17. The van der Waals surface area contributed by atoms with E-state index in [1.54, 1.807) is 41.4 Å². The number of carbonyl (C=O) groups excluding carboxylic acids is 1. The third-order valence-corrected chi connectivity index (χ3v) is 7.29. The lowest BCUT2D eigenvalue weighted by Gasteiger charge is -2.33. The third-order valence-electron chi connectivity index (χ3n) is 5.33. The minimum absolute atomic E-state index is 0.141. The van der Waals surface area contributed by atoms with Gasteiger partial charge in [0.1, 0.15) is 5.69 Å². The molecule has 0 aliphatic carbocycles. The van der Waals surface area contributed by atoms with Crippen LogP contribution in [0.25, 0.3) is 22.6 Å². The topological polar surface area (TPSA) is 125 Å². The van der Waals surface area contributed by atoms with E-state index in [-0.39, 0.29) is 37.2 Å². The summed E-state index contributed by atoms with van der Waals surface area (Å²) < 4.78 is 27.4.